The summed E-state index contributed by atoms with van der Waals surface area (Å²) in [5, 5.41) is 3.50. The summed E-state index contributed by atoms with van der Waals surface area (Å²) < 4.78 is 27.2. The molecule has 0 bridgehead atoms. The number of halogens is 1. The Bertz CT molecular complexity index is 604. The number of sulfonamides is 1. The second kappa shape index (κ2) is 6.65. The van der Waals surface area contributed by atoms with Gasteiger partial charge in [-0.25, -0.2) is 8.42 Å². The lowest BCUT2D eigenvalue weighted by Gasteiger charge is -2.35. The Kier molecular flexibility index (Phi) is 5.30. The van der Waals surface area contributed by atoms with Gasteiger partial charge in [-0.1, -0.05) is 24.6 Å². The van der Waals surface area contributed by atoms with Crippen LogP contribution in [0.15, 0.2) is 23.1 Å². The third-order valence-electron chi connectivity index (χ3n) is 4.08. The van der Waals surface area contributed by atoms with Gasteiger partial charge in [-0.05, 0) is 50.4 Å². The molecule has 2 rings (SSSR count). The van der Waals surface area contributed by atoms with Crippen LogP contribution in [0.4, 0.5) is 0 Å². The van der Waals surface area contributed by atoms with E-state index >= 15 is 0 Å². The first-order chi connectivity index (χ1) is 9.86. The van der Waals surface area contributed by atoms with Crippen molar-refractivity contribution >= 4 is 21.6 Å². The number of hydrogen-bond acceptors (Lipinski definition) is 3. The van der Waals surface area contributed by atoms with Gasteiger partial charge in [0, 0.05) is 24.2 Å². The van der Waals surface area contributed by atoms with Crippen LogP contribution in [-0.4, -0.2) is 32.4 Å². The maximum absolute atomic E-state index is 12.8. The highest BCUT2D eigenvalue weighted by Crippen LogP contribution is 2.29. The molecule has 1 fully saturated rings. The summed E-state index contributed by atoms with van der Waals surface area (Å²) in [6.07, 6.45) is 1.82. The molecule has 0 radical (unpaired) electrons. The molecule has 118 valence electrons. The number of benzene rings is 1. The fourth-order valence-electron chi connectivity index (χ4n) is 2.90. The molecule has 0 aliphatic carbocycles. The lowest BCUT2D eigenvalue weighted by atomic mass is 9.95. The van der Waals surface area contributed by atoms with Crippen LogP contribution in [0.2, 0.25) is 5.02 Å². The van der Waals surface area contributed by atoms with Gasteiger partial charge in [0.25, 0.3) is 0 Å². The molecular formula is C15H23ClN2O2S. The Labute approximate surface area is 132 Å². The first kappa shape index (κ1) is 16.7. The molecular weight excluding hydrogens is 308 g/mol. The molecule has 1 aliphatic heterocycles. The first-order valence-electron chi connectivity index (χ1n) is 7.31. The summed E-state index contributed by atoms with van der Waals surface area (Å²) in [6.45, 7) is 5.35. The van der Waals surface area contributed by atoms with Crippen molar-refractivity contribution in [3.63, 3.8) is 0 Å². The maximum atomic E-state index is 12.8. The second-order valence-corrected chi connectivity index (χ2v) is 8.18. The minimum Gasteiger partial charge on any atom is -0.316 e. The van der Waals surface area contributed by atoms with Crippen molar-refractivity contribution in [2.24, 2.45) is 5.92 Å². The molecule has 21 heavy (non-hydrogen) atoms. The van der Waals surface area contributed by atoms with Crippen LogP contribution in [0, 0.1) is 5.92 Å². The minimum atomic E-state index is -3.46. The van der Waals surface area contributed by atoms with Gasteiger partial charge in [-0.3, -0.25) is 0 Å². The predicted octanol–water partition coefficient (Wildman–Crippen LogP) is 2.87. The van der Waals surface area contributed by atoms with E-state index < -0.39 is 10.0 Å². The normalized spacial score (nSPS) is 24.2. The van der Waals surface area contributed by atoms with Gasteiger partial charge < -0.3 is 5.32 Å². The third kappa shape index (κ3) is 3.59. The largest absolute Gasteiger partial charge is 0.316 e. The van der Waals surface area contributed by atoms with Crippen molar-refractivity contribution in [2.75, 3.05) is 13.6 Å². The molecule has 1 N–H and O–H groups in total. The summed E-state index contributed by atoms with van der Waals surface area (Å²) in [7, 11) is -1.63. The van der Waals surface area contributed by atoms with Crippen molar-refractivity contribution < 1.29 is 8.42 Å². The molecule has 1 aromatic rings. The molecule has 1 aromatic carbocycles. The quantitative estimate of drug-likeness (QED) is 0.923. The number of nitrogens with one attached hydrogen (secondary N) is 1. The third-order valence-corrected chi connectivity index (χ3v) is 6.44. The van der Waals surface area contributed by atoms with E-state index in [4.69, 9.17) is 11.6 Å². The van der Waals surface area contributed by atoms with E-state index in [9.17, 15) is 8.42 Å². The summed E-state index contributed by atoms with van der Waals surface area (Å²) in [5.74, 6) is 0.577. The van der Waals surface area contributed by atoms with Crippen LogP contribution in [0.5, 0.6) is 0 Å². The molecule has 0 spiro atoms. The molecule has 4 nitrogen and oxygen atoms in total. The topological polar surface area (TPSA) is 49.4 Å². The fraction of sp³-hybridized carbons (Fsp3) is 0.600. The Hall–Kier alpha value is -0.620. The van der Waals surface area contributed by atoms with Crippen molar-refractivity contribution in [3.05, 3.63) is 28.8 Å². The fourth-order valence-corrected chi connectivity index (χ4v) is 4.90. The van der Waals surface area contributed by atoms with Crippen LogP contribution >= 0.6 is 11.6 Å². The molecule has 2 atom stereocenters. The zero-order valence-electron chi connectivity index (χ0n) is 12.8. The van der Waals surface area contributed by atoms with Crippen LogP contribution in [-0.2, 0) is 16.6 Å². The highest BCUT2D eigenvalue weighted by atomic mass is 35.5. The Balaban J connectivity index is 2.29. The smallest absolute Gasteiger partial charge is 0.243 e. The van der Waals surface area contributed by atoms with E-state index in [1.54, 1.807) is 22.5 Å². The predicted molar refractivity (Wildman–Crippen MR) is 86.0 cm³/mol. The Morgan fingerprint density at radius 1 is 1.38 bits per heavy atom. The van der Waals surface area contributed by atoms with E-state index in [-0.39, 0.29) is 10.9 Å². The van der Waals surface area contributed by atoms with Gasteiger partial charge in [-0.15, -0.1) is 0 Å². The minimum absolute atomic E-state index is 0.0366. The van der Waals surface area contributed by atoms with Gasteiger partial charge in [0.05, 0.1) is 4.90 Å². The van der Waals surface area contributed by atoms with Crippen molar-refractivity contribution in [1.82, 2.24) is 9.62 Å². The van der Waals surface area contributed by atoms with Crippen LogP contribution in [0.3, 0.4) is 0 Å². The molecule has 0 amide bonds. The average Bonchev–Trinajstić information content (AvgIpc) is 2.40. The van der Waals surface area contributed by atoms with Gasteiger partial charge >= 0.3 is 0 Å². The molecule has 1 aliphatic rings. The SMILES string of the molecule is CNCc1ccc(S(=O)(=O)N2CCC(C)CC2C)cc1Cl. The molecule has 1 heterocycles. The summed E-state index contributed by atoms with van der Waals surface area (Å²) in [4.78, 5) is 0.286. The molecule has 6 heteroatoms. The zero-order chi connectivity index (χ0) is 15.6. The van der Waals surface area contributed by atoms with Crippen molar-refractivity contribution in [2.45, 2.75) is 44.2 Å². The molecule has 2 unspecified atom stereocenters. The van der Waals surface area contributed by atoms with Gasteiger partial charge in [0.1, 0.15) is 0 Å². The van der Waals surface area contributed by atoms with E-state index in [0.29, 0.717) is 24.0 Å². The zero-order valence-corrected chi connectivity index (χ0v) is 14.3. The number of hydrogen-bond donors (Lipinski definition) is 1. The number of rotatable bonds is 4. The lowest BCUT2D eigenvalue weighted by Crippen LogP contribution is -2.44. The van der Waals surface area contributed by atoms with Gasteiger partial charge in [0.15, 0.2) is 0 Å². The highest BCUT2D eigenvalue weighted by molar-refractivity contribution is 7.89. The van der Waals surface area contributed by atoms with E-state index in [0.717, 1.165) is 18.4 Å². The van der Waals surface area contributed by atoms with E-state index in [1.165, 1.54) is 0 Å². The van der Waals surface area contributed by atoms with Crippen LogP contribution < -0.4 is 5.32 Å². The van der Waals surface area contributed by atoms with Crippen molar-refractivity contribution in [3.8, 4) is 0 Å². The lowest BCUT2D eigenvalue weighted by molar-refractivity contribution is 0.220. The average molecular weight is 331 g/mol. The molecule has 1 saturated heterocycles. The number of nitrogens with zero attached hydrogens (tertiary/aromatic N) is 1. The van der Waals surface area contributed by atoms with E-state index in [1.807, 2.05) is 14.0 Å². The van der Waals surface area contributed by atoms with E-state index in [2.05, 4.69) is 12.2 Å². The maximum Gasteiger partial charge on any atom is 0.243 e. The van der Waals surface area contributed by atoms with Crippen LogP contribution in [0.25, 0.3) is 0 Å². The standard InChI is InChI=1S/C15H23ClN2O2S/c1-11-6-7-18(12(2)8-11)21(19,20)14-5-4-13(10-17-3)15(16)9-14/h4-5,9,11-12,17H,6-8,10H2,1-3H3. The van der Waals surface area contributed by atoms with Crippen molar-refractivity contribution in [1.29, 1.82) is 0 Å². The monoisotopic (exact) mass is 330 g/mol. The number of piperidine rings is 1. The Morgan fingerprint density at radius 3 is 2.67 bits per heavy atom. The first-order valence-corrected chi connectivity index (χ1v) is 9.13. The summed E-state index contributed by atoms with van der Waals surface area (Å²) >= 11 is 6.19. The summed E-state index contributed by atoms with van der Waals surface area (Å²) in [6, 6.07) is 5.03. The highest BCUT2D eigenvalue weighted by Gasteiger charge is 2.33. The van der Waals surface area contributed by atoms with Crippen LogP contribution in [0.1, 0.15) is 32.3 Å². The Morgan fingerprint density at radius 2 is 2.10 bits per heavy atom. The molecule has 0 saturated carbocycles. The van der Waals surface area contributed by atoms with Gasteiger partial charge in [-0.2, -0.15) is 4.31 Å². The molecule has 0 aromatic heterocycles. The van der Waals surface area contributed by atoms with Gasteiger partial charge in [0.2, 0.25) is 10.0 Å². The summed E-state index contributed by atoms with van der Waals surface area (Å²) in [5.41, 5.74) is 0.901. The second-order valence-electron chi connectivity index (χ2n) is 5.88.